The number of methoxy groups -OCH3 is 2. The van der Waals surface area contributed by atoms with Gasteiger partial charge in [0.25, 0.3) is 0 Å². The number of esters is 1. The minimum absolute atomic E-state index is 0.126. The molecule has 0 atom stereocenters. The zero-order valence-corrected chi connectivity index (χ0v) is 12.3. The number of sulfonamides is 1. The Bertz CT molecular complexity index is 652. The standard InChI is InChI=1S/C12H15NO7S/c1-17-8-3-4-9(21(13,15)16)11(18-2)10(8)12(14)20-7-5-19-6-7/h3-4,7H,5-6H2,1-2H3,(H2,13,15,16). The number of hydrogen-bond donors (Lipinski definition) is 1. The number of rotatable bonds is 5. The van der Waals surface area contributed by atoms with Crippen LogP contribution in [0.4, 0.5) is 0 Å². The number of carbonyl (C=O) groups is 1. The van der Waals surface area contributed by atoms with Crippen LogP contribution in [0.15, 0.2) is 17.0 Å². The Kier molecular flexibility index (Phi) is 4.35. The summed E-state index contributed by atoms with van der Waals surface area (Å²) in [7, 11) is -1.49. The largest absolute Gasteiger partial charge is 0.496 e. The van der Waals surface area contributed by atoms with E-state index in [1.165, 1.54) is 26.4 Å². The van der Waals surface area contributed by atoms with E-state index in [-0.39, 0.29) is 28.1 Å². The number of nitrogens with two attached hydrogens (primary N) is 1. The van der Waals surface area contributed by atoms with E-state index in [4.69, 9.17) is 24.1 Å². The van der Waals surface area contributed by atoms with Crippen molar-refractivity contribution in [3.05, 3.63) is 17.7 Å². The molecule has 0 aliphatic carbocycles. The lowest BCUT2D eigenvalue weighted by Gasteiger charge is -2.26. The van der Waals surface area contributed by atoms with Gasteiger partial charge in [-0.3, -0.25) is 0 Å². The molecule has 0 saturated carbocycles. The fourth-order valence-corrected chi connectivity index (χ4v) is 2.53. The molecule has 1 heterocycles. The maximum Gasteiger partial charge on any atom is 0.346 e. The third-order valence-electron chi connectivity index (χ3n) is 2.90. The molecule has 0 spiro atoms. The number of hydrogen-bond acceptors (Lipinski definition) is 7. The third-order valence-corrected chi connectivity index (χ3v) is 3.83. The van der Waals surface area contributed by atoms with Crippen LogP contribution in [0.5, 0.6) is 11.5 Å². The smallest absolute Gasteiger partial charge is 0.346 e. The zero-order valence-electron chi connectivity index (χ0n) is 11.5. The van der Waals surface area contributed by atoms with Crippen molar-refractivity contribution in [2.45, 2.75) is 11.0 Å². The second kappa shape index (κ2) is 5.88. The van der Waals surface area contributed by atoms with Crippen molar-refractivity contribution in [2.75, 3.05) is 27.4 Å². The molecule has 1 fully saturated rings. The summed E-state index contributed by atoms with van der Waals surface area (Å²) in [5, 5.41) is 5.11. The molecule has 8 nitrogen and oxygen atoms in total. The first kappa shape index (κ1) is 15.5. The van der Waals surface area contributed by atoms with Gasteiger partial charge in [-0.1, -0.05) is 0 Å². The summed E-state index contributed by atoms with van der Waals surface area (Å²) < 4.78 is 43.3. The van der Waals surface area contributed by atoms with E-state index in [9.17, 15) is 13.2 Å². The first-order chi connectivity index (χ1) is 9.88. The van der Waals surface area contributed by atoms with E-state index in [2.05, 4.69) is 0 Å². The van der Waals surface area contributed by atoms with E-state index in [1.807, 2.05) is 0 Å². The average molecular weight is 317 g/mol. The van der Waals surface area contributed by atoms with Gasteiger partial charge in [0.05, 0.1) is 27.4 Å². The molecular weight excluding hydrogens is 302 g/mol. The first-order valence-electron chi connectivity index (χ1n) is 5.95. The van der Waals surface area contributed by atoms with Gasteiger partial charge < -0.3 is 18.9 Å². The van der Waals surface area contributed by atoms with Crippen LogP contribution in [0.3, 0.4) is 0 Å². The maximum atomic E-state index is 12.2. The Labute approximate surface area is 121 Å². The Morgan fingerprint density at radius 3 is 2.38 bits per heavy atom. The highest BCUT2D eigenvalue weighted by Crippen LogP contribution is 2.35. The van der Waals surface area contributed by atoms with Crippen molar-refractivity contribution in [3.8, 4) is 11.5 Å². The van der Waals surface area contributed by atoms with Crippen LogP contribution in [0, 0.1) is 0 Å². The van der Waals surface area contributed by atoms with Gasteiger partial charge in [-0.2, -0.15) is 0 Å². The van der Waals surface area contributed by atoms with Crippen molar-refractivity contribution in [1.82, 2.24) is 0 Å². The van der Waals surface area contributed by atoms with Crippen molar-refractivity contribution >= 4 is 16.0 Å². The highest BCUT2D eigenvalue weighted by Gasteiger charge is 2.30. The molecule has 1 aromatic carbocycles. The van der Waals surface area contributed by atoms with Crippen molar-refractivity contribution < 1.29 is 32.2 Å². The number of carbonyl (C=O) groups excluding carboxylic acids is 1. The molecule has 1 aliphatic rings. The second-order valence-corrected chi connectivity index (χ2v) is 5.81. The highest BCUT2D eigenvalue weighted by atomic mass is 32.2. The Morgan fingerprint density at radius 2 is 1.95 bits per heavy atom. The molecule has 21 heavy (non-hydrogen) atoms. The SMILES string of the molecule is COc1ccc(S(N)(=O)=O)c(OC)c1C(=O)OC1COC1. The van der Waals surface area contributed by atoms with Gasteiger partial charge >= 0.3 is 5.97 Å². The summed E-state index contributed by atoms with van der Waals surface area (Å²) >= 11 is 0. The Balaban J connectivity index is 2.51. The number of benzene rings is 1. The summed E-state index contributed by atoms with van der Waals surface area (Å²) in [4.78, 5) is 11.9. The minimum Gasteiger partial charge on any atom is -0.496 e. The van der Waals surface area contributed by atoms with Gasteiger partial charge in [0.2, 0.25) is 10.0 Å². The summed E-state index contributed by atoms with van der Waals surface area (Å²) in [6.45, 7) is 0.594. The second-order valence-electron chi connectivity index (χ2n) is 4.28. The van der Waals surface area contributed by atoms with Crippen LogP contribution in [0.2, 0.25) is 0 Å². The third kappa shape index (κ3) is 3.09. The summed E-state index contributed by atoms with van der Waals surface area (Å²) in [5.74, 6) is -0.839. The summed E-state index contributed by atoms with van der Waals surface area (Å²) in [6.07, 6.45) is -0.370. The molecule has 2 N–H and O–H groups in total. The molecule has 0 amide bonds. The topological polar surface area (TPSA) is 114 Å². The van der Waals surface area contributed by atoms with Crippen LogP contribution in [0.1, 0.15) is 10.4 Å². The molecule has 9 heteroatoms. The molecule has 1 aliphatic heterocycles. The molecule has 1 saturated heterocycles. The van der Waals surface area contributed by atoms with Gasteiger partial charge in [-0.05, 0) is 12.1 Å². The quantitative estimate of drug-likeness (QED) is 0.755. The predicted octanol–water partition coefficient (Wildman–Crippen LogP) is -0.0932. The fraction of sp³-hybridized carbons (Fsp3) is 0.417. The molecule has 0 aromatic heterocycles. The van der Waals surface area contributed by atoms with Gasteiger partial charge in [0, 0.05) is 0 Å². The van der Waals surface area contributed by atoms with E-state index in [0.29, 0.717) is 13.2 Å². The van der Waals surface area contributed by atoms with E-state index in [0.717, 1.165) is 0 Å². The molecule has 0 unspecified atom stereocenters. The lowest BCUT2D eigenvalue weighted by molar-refractivity contribution is -0.103. The van der Waals surface area contributed by atoms with Crippen LogP contribution in [-0.2, 0) is 19.5 Å². The van der Waals surface area contributed by atoms with Crippen molar-refractivity contribution in [1.29, 1.82) is 0 Å². The average Bonchev–Trinajstić information content (AvgIpc) is 2.39. The lowest BCUT2D eigenvalue weighted by Crippen LogP contribution is -2.38. The zero-order chi connectivity index (χ0) is 15.6. The molecule has 2 rings (SSSR count). The molecule has 1 aromatic rings. The monoisotopic (exact) mass is 317 g/mol. The summed E-state index contributed by atoms with van der Waals surface area (Å²) in [6, 6.07) is 2.52. The molecule has 116 valence electrons. The van der Waals surface area contributed by atoms with Crippen LogP contribution >= 0.6 is 0 Å². The Morgan fingerprint density at radius 1 is 1.29 bits per heavy atom. The molecular formula is C12H15NO7S. The lowest BCUT2D eigenvalue weighted by atomic mass is 10.1. The minimum atomic E-state index is -4.06. The predicted molar refractivity (Wildman–Crippen MR) is 70.9 cm³/mol. The van der Waals surface area contributed by atoms with E-state index < -0.39 is 16.0 Å². The first-order valence-corrected chi connectivity index (χ1v) is 7.49. The van der Waals surface area contributed by atoms with Gasteiger partial charge in [0.1, 0.15) is 22.3 Å². The van der Waals surface area contributed by atoms with Crippen molar-refractivity contribution in [3.63, 3.8) is 0 Å². The number of primary sulfonamides is 1. The van der Waals surface area contributed by atoms with Gasteiger partial charge in [-0.15, -0.1) is 0 Å². The van der Waals surface area contributed by atoms with Crippen LogP contribution in [-0.4, -0.2) is 47.9 Å². The van der Waals surface area contributed by atoms with Crippen LogP contribution in [0.25, 0.3) is 0 Å². The number of ether oxygens (including phenoxy) is 4. The maximum absolute atomic E-state index is 12.2. The normalized spacial score (nSPS) is 15.2. The Hall–Kier alpha value is -1.84. The fourth-order valence-electron chi connectivity index (χ4n) is 1.83. The summed E-state index contributed by atoms with van der Waals surface area (Å²) in [5.41, 5.74) is -0.126. The van der Waals surface area contributed by atoms with Crippen molar-refractivity contribution in [2.24, 2.45) is 5.14 Å². The van der Waals surface area contributed by atoms with E-state index >= 15 is 0 Å². The van der Waals surface area contributed by atoms with Gasteiger partial charge in [0.15, 0.2) is 5.75 Å². The van der Waals surface area contributed by atoms with E-state index in [1.54, 1.807) is 0 Å². The van der Waals surface area contributed by atoms with Crippen LogP contribution < -0.4 is 14.6 Å². The highest BCUT2D eigenvalue weighted by molar-refractivity contribution is 7.89. The molecule has 0 radical (unpaired) electrons. The van der Waals surface area contributed by atoms with Gasteiger partial charge in [-0.25, -0.2) is 18.4 Å². The molecule has 0 bridgehead atoms.